The number of nitrogens with zero attached hydrogens (tertiary/aromatic N) is 1. The van der Waals surface area contributed by atoms with E-state index in [-0.39, 0.29) is 5.41 Å². The van der Waals surface area contributed by atoms with Crippen LogP contribution in [0.1, 0.15) is 71.6 Å². The van der Waals surface area contributed by atoms with Crippen LogP contribution in [-0.4, -0.2) is 31.7 Å². The smallest absolute Gasteiger partial charge is 0.139 e. The number of carbonyl (C=O) groups excluding carboxylic acids is 1. The van der Waals surface area contributed by atoms with Crippen molar-refractivity contribution in [1.29, 1.82) is 0 Å². The van der Waals surface area contributed by atoms with Gasteiger partial charge >= 0.3 is 0 Å². The Balaban J connectivity index is 1.46. The summed E-state index contributed by atoms with van der Waals surface area (Å²) in [5, 5.41) is 7.55. The Morgan fingerprint density at radius 3 is 2.77 bits per heavy atom. The average molecular weight is 361 g/mol. The van der Waals surface area contributed by atoms with E-state index in [1.54, 1.807) is 0 Å². The van der Waals surface area contributed by atoms with Crippen molar-refractivity contribution < 1.29 is 9.63 Å². The van der Waals surface area contributed by atoms with Gasteiger partial charge in [-0.15, -0.1) is 0 Å². The molecular weight excluding hydrogens is 324 g/mol. The van der Waals surface area contributed by atoms with Crippen LogP contribution in [0.15, 0.2) is 5.16 Å². The van der Waals surface area contributed by atoms with Gasteiger partial charge in [0.2, 0.25) is 0 Å². The Morgan fingerprint density at radius 2 is 1.96 bits per heavy atom. The quantitative estimate of drug-likeness (QED) is 0.604. The largest absolute Gasteiger partial charge is 0.394 e. The van der Waals surface area contributed by atoms with E-state index in [1.165, 1.54) is 31.4 Å². The number of rotatable bonds is 4. The van der Waals surface area contributed by atoms with Crippen LogP contribution in [0.4, 0.5) is 0 Å². The number of hydrogen-bond acceptors (Lipinski definition) is 4. The average Bonchev–Trinajstić information content (AvgIpc) is 2.94. The highest BCUT2D eigenvalue weighted by atomic mass is 16.6. The third-order valence-corrected chi connectivity index (χ3v) is 8.85. The van der Waals surface area contributed by atoms with E-state index in [0.29, 0.717) is 23.7 Å². The molecule has 4 rings (SSSR count). The molecule has 0 bridgehead atoms. The summed E-state index contributed by atoms with van der Waals surface area (Å²) < 4.78 is 0. The molecule has 0 saturated heterocycles. The third kappa shape index (κ3) is 2.83. The summed E-state index contributed by atoms with van der Waals surface area (Å²) in [4.78, 5) is 18.0. The zero-order valence-corrected chi connectivity index (χ0v) is 16.9. The molecule has 4 aliphatic carbocycles. The van der Waals surface area contributed by atoms with Gasteiger partial charge in [0.05, 0.1) is 5.71 Å². The zero-order valence-electron chi connectivity index (χ0n) is 16.9. The van der Waals surface area contributed by atoms with Gasteiger partial charge in [0.15, 0.2) is 0 Å². The molecule has 26 heavy (non-hydrogen) atoms. The number of oxime groups is 1. The van der Waals surface area contributed by atoms with Crippen LogP contribution < -0.4 is 5.32 Å². The molecule has 1 N–H and O–H groups in total. The van der Waals surface area contributed by atoms with E-state index < -0.39 is 0 Å². The van der Waals surface area contributed by atoms with Crippen LogP contribution in [0.25, 0.3) is 0 Å². The van der Waals surface area contributed by atoms with Crippen LogP contribution >= 0.6 is 0 Å². The fourth-order valence-electron chi connectivity index (χ4n) is 7.20. The summed E-state index contributed by atoms with van der Waals surface area (Å²) in [5.74, 6) is 3.57. The summed E-state index contributed by atoms with van der Waals surface area (Å²) in [5.41, 5.74) is 1.73. The molecule has 0 radical (unpaired) electrons. The highest BCUT2D eigenvalue weighted by Crippen LogP contribution is 2.65. The van der Waals surface area contributed by atoms with Gasteiger partial charge in [-0.2, -0.15) is 0 Å². The lowest BCUT2D eigenvalue weighted by Crippen LogP contribution is -2.53. The number of likely N-dealkylation sites (N-methyl/N-ethyl adjacent to an activating group) is 1. The Kier molecular flexibility index (Phi) is 4.92. The van der Waals surface area contributed by atoms with Crippen molar-refractivity contribution in [2.45, 2.75) is 71.6 Å². The topological polar surface area (TPSA) is 50.7 Å². The van der Waals surface area contributed by atoms with Gasteiger partial charge in [-0.25, -0.2) is 0 Å². The molecule has 4 aliphatic rings. The second kappa shape index (κ2) is 6.92. The molecule has 0 aromatic heterocycles. The molecule has 6 atom stereocenters. The predicted molar refractivity (Wildman–Crippen MR) is 104 cm³/mol. The maximum Gasteiger partial charge on any atom is 0.139 e. The van der Waals surface area contributed by atoms with Crippen molar-refractivity contribution in [2.75, 3.05) is 20.2 Å². The number of nitrogens with one attached hydrogen (secondary N) is 1. The van der Waals surface area contributed by atoms with Crippen molar-refractivity contribution in [2.24, 2.45) is 39.7 Å². The van der Waals surface area contributed by atoms with Crippen LogP contribution in [0.5, 0.6) is 0 Å². The van der Waals surface area contributed by atoms with Gasteiger partial charge in [0.25, 0.3) is 0 Å². The van der Waals surface area contributed by atoms with Crippen molar-refractivity contribution in [3.63, 3.8) is 0 Å². The fourth-order valence-corrected chi connectivity index (χ4v) is 7.20. The van der Waals surface area contributed by atoms with Gasteiger partial charge < -0.3 is 10.2 Å². The number of ketones is 1. The van der Waals surface area contributed by atoms with E-state index in [0.717, 1.165) is 56.4 Å². The highest BCUT2D eigenvalue weighted by molar-refractivity contribution is 5.87. The van der Waals surface area contributed by atoms with Gasteiger partial charge in [0, 0.05) is 18.4 Å². The second-order valence-corrected chi connectivity index (χ2v) is 9.87. The Labute approximate surface area is 158 Å². The minimum absolute atomic E-state index is 0.00675. The molecule has 6 unspecified atom stereocenters. The predicted octanol–water partition coefficient (Wildman–Crippen LogP) is 4.19. The van der Waals surface area contributed by atoms with Gasteiger partial charge in [-0.1, -0.05) is 19.0 Å². The Morgan fingerprint density at radius 1 is 1.12 bits per heavy atom. The number of hydrogen-bond donors (Lipinski definition) is 1. The summed E-state index contributed by atoms with van der Waals surface area (Å²) in [6.45, 7) is 6.35. The van der Waals surface area contributed by atoms with E-state index in [2.05, 4.69) is 24.3 Å². The molecule has 4 saturated carbocycles. The van der Waals surface area contributed by atoms with Gasteiger partial charge in [0.1, 0.15) is 12.4 Å². The molecule has 0 spiro atoms. The van der Waals surface area contributed by atoms with Crippen LogP contribution in [0.2, 0.25) is 0 Å². The van der Waals surface area contributed by atoms with E-state index in [4.69, 9.17) is 4.84 Å². The number of fused-ring (bicyclic) bond motifs is 5. The molecule has 146 valence electrons. The number of carbonyl (C=O) groups is 1. The first-order valence-electron chi connectivity index (χ1n) is 10.8. The van der Waals surface area contributed by atoms with Crippen molar-refractivity contribution in [3.8, 4) is 0 Å². The monoisotopic (exact) mass is 360 g/mol. The van der Waals surface area contributed by atoms with E-state index >= 15 is 0 Å². The van der Waals surface area contributed by atoms with Crippen molar-refractivity contribution in [1.82, 2.24) is 5.32 Å². The Bertz CT molecular complexity index is 589. The maximum absolute atomic E-state index is 12.5. The van der Waals surface area contributed by atoms with Gasteiger partial charge in [-0.05, 0) is 87.5 Å². The second-order valence-electron chi connectivity index (χ2n) is 9.87. The van der Waals surface area contributed by atoms with Crippen molar-refractivity contribution >= 4 is 11.5 Å². The van der Waals surface area contributed by atoms with E-state index in [9.17, 15) is 4.79 Å². The first-order chi connectivity index (χ1) is 12.5. The maximum atomic E-state index is 12.5. The highest BCUT2D eigenvalue weighted by Gasteiger charge is 2.60. The minimum Gasteiger partial charge on any atom is -0.394 e. The molecular formula is C22H36N2O2. The first kappa shape index (κ1) is 18.5. The molecule has 0 aliphatic heterocycles. The lowest BCUT2D eigenvalue weighted by Gasteiger charge is -2.59. The standard InChI is InChI=1S/C22H36N2O2/c1-21-10-8-16(24-26-13-12-23-3)14-15(21)4-5-17-18-6-7-20(25)22(18,2)11-9-19(17)21/h15,17-19,23H,4-14H2,1-3H3. The fraction of sp³-hybridized carbons (Fsp3) is 0.909. The van der Waals surface area contributed by atoms with Crippen LogP contribution in [-0.2, 0) is 9.63 Å². The van der Waals surface area contributed by atoms with E-state index in [1.807, 2.05) is 7.05 Å². The molecule has 4 nitrogen and oxygen atoms in total. The minimum atomic E-state index is 0.00675. The third-order valence-electron chi connectivity index (χ3n) is 8.85. The number of Topliss-reactive ketones (excluding diaryl/α,β-unsaturated/α-hetero) is 1. The molecule has 0 aromatic rings. The molecule has 0 aromatic carbocycles. The SMILES string of the molecule is CNCCON=C1CCC2(C)C(CCC3C4CCC(=O)C4(C)CCC32)C1. The lowest BCUT2D eigenvalue weighted by molar-refractivity contribution is -0.137. The van der Waals surface area contributed by atoms with Crippen LogP contribution in [0.3, 0.4) is 0 Å². The summed E-state index contributed by atoms with van der Waals surface area (Å²) in [6.07, 6.45) is 10.5. The summed E-state index contributed by atoms with van der Waals surface area (Å²) in [6, 6.07) is 0. The zero-order chi connectivity index (χ0) is 18.4. The lowest BCUT2D eigenvalue weighted by atomic mass is 9.45. The first-order valence-corrected chi connectivity index (χ1v) is 10.8. The van der Waals surface area contributed by atoms with Crippen molar-refractivity contribution in [3.05, 3.63) is 0 Å². The van der Waals surface area contributed by atoms with Crippen LogP contribution in [0, 0.1) is 34.5 Å². The normalized spacial score (nSPS) is 46.6. The summed E-state index contributed by atoms with van der Waals surface area (Å²) >= 11 is 0. The molecule has 4 fully saturated rings. The molecule has 4 heteroatoms. The Hall–Kier alpha value is -0.900. The van der Waals surface area contributed by atoms with Gasteiger partial charge in [-0.3, -0.25) is 4.79 Å². The molecule has 0 heterocycles. The summed E-state index contributed by atoms with van der Waals surface area (Å²) in [7, 11) is 1.94. The molecule has 0 amide bonds.